The first-order valence-electron chi connectivity index (χ1n) is 8.52. The Morgan fingerprint density at radius 3 is 2.85 bits per heavy atom. The fourth-order valence-electron chi connectivity index (χ4n) is 2.52. The summed E-state index contributed by atoms with van der Waals surface area (Å²) in [7, 11) is 0. The molecule has 7 heteroatoms. The number of aromatic nitrogens is 1. The van der Waals surface area contributed by atoms with Gasteiger partial charge >= 0.3 is 0 Å². The van der Waals surface area contributed by atoms with Gasteiger partial charge in [-0.1, -0.05) is 13.3 Å². The van der Waals surface area contributed by atoms with Crippen molar-refractivity contribution >= 4 is 28.5 Å². The summed E-state index contributed by atoms with van der Waals surface area (Å²) in [6.45, 7) is 3.04. The average molecular weight is 354 g/mol. The molecule has 0 saturated carbocycles. The minimum Gasteiger partial charge on any atom is -0.493 e. The van der Waals surface area contributed by atoms with Crippen molar-refractivity contribution < 1.29 is 13.9 Å². The van der Waals surface area contributed by atoms with Gasteiger partial charge in [-0.05, 0) is 36.8 Å². The lowest BCUT2D eigenvalue weighted by atomic mass is 10.2. The number of ether oxygens (including phenoxy) is 1. The Labute approximate surface area is 151 Å². The molecule has 2 aromatic heterocycles. The van der Waals surface area contributed by atoms with Crippen LogP contribution >= 0.6 is 0 Å². The SMILES string of the molecule is CCCCOc1ccc2cc(CNC(=O)c3ccc(N)nc3N)oc2c1. The summed E-state index contributed by atoms with van der Waals surface area (Å²) in [5, 5.41) is 3.72. The molecule has 136 valence electrons. The summed E-state index contributed by atoms with van der Waals surface area (Å²) in [5.74, 6) is 1.45. The van der Waals surface area contributed by atoms with Gasteiger partial charge in [-0.25, -0.2) is 4.98 Å². The Morgan fingerprint density at radius 2 is 2.08 bits per heavy atom. The lowest BCUT2D eigenvalue weighted by molar-refractivity contribution is 0.0949. The lowest BCUT2D eigenvalue weighted by Gasteiger charge is -2.06. The van der Waals surface area contributed by atoms with Crippen LogP contribution in [0.25, 0.3) is 11.0 Å². The Balaban J connectivity index is 1.66. The van der Waals surface area contributed by atoms with Crippen LogP contribution in [0.4, 0.5) is 11.6 Å². The second kappa shape index (κ2) is 7.77. The Hall–Kier alpha value is -3.22. The van der Waals surface area contributed by atoms with Gasteiger partial charge in [0.15, 0.2) is 0 Å². The molecule has 0 radical (unpaired) electrons. The summed E-state index contributed by atoms with van der Waals surface area (Å²) < 4.78 is 11.5. The van der Waals surface area contributed by atoms with Gasteiger partial charge in [-0.15, -0.1) is 0 Å². The van der Waals surface area contributed by atoms with Crippen LogP contribution in [0.2, 0.25) is 0 Å². The van der Waals surface area contributed by atoms with Crippen molar-refractivity contribution in [2.24, 2.45) is 0 Å². The van der Waals surface area contributed by atoms with Crippen molar-refractivity contribution in [2.75, 3.05) is 18.1 Å². The predicted molar refractivity (Wildman–Crippen MR) is 101 cm³/mol. The first-order valence-corrected chi connectivity index (χ1v) is 8.52. The van der Waals surface area contributed by atoms with Crippen molar-refractivity contribution in [3.8, 4) is 5.75 Å². The highest BCUT2D eigenvalue weighted by Gasteiger charge is 2.12. The highest BCUT2D eigenvalue weighted by atomic mass is 16.5. The molecule has 5 N–H and O–H groups in total. The molecule has 1 aromatic carbocycles. The van der Waals surface area contributed by atoms with Gasteiger partial charge in [0.25, 0.3) is 5.91 Å². The molecule has 0 aliphatic heterocycles. The van der Waals surface area contributed by atoms with Crippen LogP contribution in [0.3, 0.4) is 0 Å². The summed E-state index contributed by atoms with van der Waals surface area (Å²) in [4.78, 5) is 16.1. The third-order valence-corrected chi connectivity index (χ3v) is 3.92. The van der Waals surface area contributed by atoms with Crippen LogP contribution in [0, 0.1) is 0 Å². The maximum absolute atomic E-state index is 12.2. The number of pyridine rings is 1. The van der Waals surface area contributed by atoms with Crippen molar-refractivity contribution in [3.63, 3.8) is 0 Å². The molecule has 0 bridgehead atoms. The number of hydrogen-bond donors (Lipinski definition) is 3. The minimum absolute atomic E-state index is 0.0981. The predicted octanol–water partition coefficient (Wildman–Crippen LogP) is 3.10. The number of nitrogens with one attached hydrogen (secondary N) is 1. The number of anilines is 2. The number of benzene rings is 1. The number of amides is 1. The molecule has 0 aliphatic carbocycles. The third-order valence-electron chi connectivity index (χ3n) is 3.92. The number of carbonyl (C=O) groups is 1. The van der Waals surface area contributed by atoms with Crippen LogP contribution in [-0.2, 0) is 6.54 Å². The van der Waals surface area contributed by atoms with E-state index in [0.717, 1.165) is 29.6 Å². The molecule has 0 fully saturated rings. The molecule has 3 aromatic rings. The number of carbonyl (C=O) groups excluding carboxylic acids is 1. The topological polar surface area (TPSA) is 116 Å². The van der Waals surface area contributed by atoms with Gasteiger partial charge in [0, 0.05) is 11.5 Å². The van der Waals surface area contributed by atoms with Crippen LogP contribution in [-0.4, -0.2) is 17.5 Å². The molecule has 1 amide bonds. The normalized spacial score (nSPS) is 10.8. The van der Waals surface area contributed by atoms with Crippen molar-refractivity contribution in [2.45, 2.75) is 26.3 Å². The average Bonchev–Trinajstić information content (AvgIpc) is 3.02. The number of rotatable bonds is 7. The van der Waals surface area contributed by atoms with E-state index >= 15 is 0 Å². The van der Waals surface area contributed by atoms with Gasteiger partial charge in [0.1, 0.15) is 28.7 Å². The molecule has 0 atom stereocenters. The molecule has 26 heavy (non-hydrogen) atoms. The standard InChI is InChI=1S/C19H22N4O3/c1-2-3-8-25-13-5-4-12-9-14(26-16(12)10-13)11-22-19(24)15-6-7-17(20)23-18(15)21/h4-7,9-10H,2-3,8,11H2,1H3,(H,22,24)(H4,20,21,23). The zero-order valence-corrected chi connectivity index (χ0v) is 14.6. The molecule has 0 spiro atoms. The largest absolute Gasteiger partial charge is 0.493 e. The highest BCUT2D eigenvalue weighted by molar-refractivity contribution is 5.98. The van der Waals surface area contributed by atoms with Crippen molar-refractivity contribution in [1.82, 2.24) is 10.3 Å². The second-order valence-electron chi connectivity index (χ2n) is 5.97. The van der Waals surface area contributed by atoms with E-state index in [1.54, 1.807) is 6.07 Å². The van der Waals surface area contributed by atoms with Crippen LogP contribution in [0.1, 0.15) is 35.9 Å². The zero-order valence-electron chi connectivity index (χ0n) is 14.6. The van der Waals surface area contributed by atoms with E-state index in [2.05, 4.69) is 17.2 Å². The van der Waals surface area contributed by atoms with E-state index in [1.165, 1.54) is 6.07 Å². The second-order valence-corrected chi connectivity index (χ2v) is 5.97. The van der Waals surface area contributed by atoms with Gasteiger partial charge in [-0.2, -0.15) is 0 Å². The number of fused-ring (bicyclic) bond motifs is 1. The smallest absolute Gasteiger partial charge is 0.255 e. The monoisotopic (exact) mass is 354 g/mol. The molecule has 0 aliphatic rings. The molecular weight excluding hydrogens is 332 g/mol. The molecule has 0 unspecified atom stereocenters. The molecule has 7 nitrogen and oxygen atoms in total. The highest BCUT2D eigenvalue weighted by Crippen LogP contribution is 2.24. The molecular formula is C19H22N4O3. The first-order chi connectivity index (χ1) is 12.6. The summed E-state index contributed by atoms with van der Waals surface area (Å²) >= 11 is 0. The molecule has 3 rings (SSSR count). The number of nitrogens with two attached hydrogens (primary N) is 2. The summed E-state index contributed by atoms with van der Waals surface area (Å²) in [5.41, 5.74) is 12.3. The number of unbranched alkanes of at least 4 members (excludes halogenated alkanes) is 1. The van der Waals surface area contributed by atoms with Crippen LogP contribution < -0.4 is 21.5 Å². The van der Waals surface area contributed by atoms with Gasteiger partial charge in [0.05, 0.1) is 18.7 Å². The number of hydrogen-bond acceptors (Lipinski definition) is 6. The maximum atomic E-state index is 12.2. The number of furan rings is 1. The summed E-state index contributed by atoms with van der Waals surface area (Å²) in [6, 6.07) is 10.7. The van der Waals surface area contributed by atoms with Crippen LogP contribution in [0.5, 0.6) is 5.75 Å². The number of nitrogens with zero attached hydrogens (tertiary/aromatic N) is 1. The van der Waals surface area contributed by atoms with E-state index in [0.29, 0.717) is 12.4 Å². The van der Waals surface area contributed by atoms with Gasteiger partial charge in [0.2, 0.25) is 0 Å². The Kier molecular flexibility index (Phi) is 5.26. The molecule has 0 saturated heterocycles. The van der Waals surface area contributed by atoms with E-state index in [1.807, 2.05) is 24.3 Å². The fraction of sp³-hybridized carbons (Fsp3) is 0.263. The van der Waals surface area contributed by atoms with Crippen LogP contribution in [0.15, 0.2) is 40.8 Å². The van der Waals surface area contributed by atoms with E-state index in [9.17, 15) is 4.79 Å². The Bertz CT molecular complexity index is 920. The van der Waals surface area contributed by atoms with Gasteiger partial charge < -0.3 is 25.9 Å². The first kappa shape index (κ1) is 17.6. The van der Waals surface area contributed by atoms with Crippen molar-refractivity contribution in [1.29, 1.82) is 0 Å². The van der Waals surface area contributed by atoms with Gasteiger partial charge in [-0.3, -0.25) is 4.79 Å². The minimum atomic E-state index is -0.334. The number of nitrogen functional groups attached to an aromatic ring is 2. The molecule has 2 heterocycles. The third kappa shape index (κ3) is 4.05. The fourth-order valence-corrected chi connectivity index (χ4v) is 2.52. The van der Waals surface area contributed by atoms with E-state index in [-0.39, 0.29) is 29.7 Å². The van der Waals surface area contributed by atoms with E-state index < -0.39 is 0 Å². The zero-order chi connectivity index (χ0) is 18.5. The Morgan fingerprint density at radius 1 is 1.23 bits per heavy atom. The van der Waals surface area contributed by atoms with E-state index in [4.69, 9.17) is 20.6 Å². The van der Waals surface area contributed by atoms with Crippen molar-refractivity contribution in [3.05, 3.63) is 47.7 Å². The summed E-state index contributed by atoms with van der Waals surface area (Å²) in [6.07, 6.45) is 2.09. The lowest BCUT2D eigenvalue weighted by Crippen LogP contribution is -2.24. The quantitative estimate of drug-likeness (QED) is 0.561. The maximum Gasteiger partial charge on any atom is 0.255 e.